The van der Waals surface area contributed by atoms with Crippen LogP contribution in [0.15, 0.2) is 17.2 Å². The van der Waals surface area contributed by atoms with Crippen molar-refractivity contribution in [3.8, 4) is 0 Å². The number of aldehydes is 1. The molecule has 1 aromatic rings. The maximum absolute atomic E-state index is 12.8. The lowest BCUT2D eigenvalue weighted by Crippen LogP contribution is -2.46. The molecule has 24 heavy (non-hydrogen) atoms. The van der Waals surface area contributed by atoms with Gasteiger partial charge >= 0.3 is 0 Å². The summed E-state index contributed by atoms with van der Waals surface area (Å²) in [6.45, 7) is 3.22. The van der Waals surface area contributed by atoms with Crippen LogP contribution in [0, 0.1) is 17.8 Å². The summed E-state index contributed by atoms with van der Waals surface area (Å²) in [5.41, 5.74) is 0.707. The molecule has 1 aromatic heterocycles. The van der Waals surface area contributed by atoms with Gasteiger partial charge in [-0.1, -0.05) is 32.1 Å². The molecule has 2 atom stereocenters. The number of aromatic nitrogens is 1. The molecule has 0 bridgehead atoms. The van der Waals surface area contributed by atoms with Gasteiger partial charge in [0.15, 0.2) is 0 Å². The number of nitrogens with zero attached hydrogens (tertiary/aromatic N) is 2. The zero-order valence-corrected chi connectivity index (χ0v) is 15.1. The van der Waals surface area contributed by atoms with Crippen LogP contribution in [-0.4, -0.2) is 35.2 Å². The molecule has 4 nitrogen and oxygen atoms in total. The minimum atomic E-state index is -0.0118. The first kappa shape index (κ1) is 17.3. The first-order chi connectivity index (χ1) is 11.7. The molecule has 2 heterocycles. The maximum atomic E-state index is 12.8. The van der Waals surface area contributed by atoms with Gasteiger partial charge in [0, 0.05) is 36.2 Å². The highest BCUT2D eigenvalue weighted by Gasteiger charge is 2.34. The Morgan fingerprint density at radius 1 is 1.25 bits per heavy atom. The van der Waals surface area contributed by atoms with Gasteiger partial charge in [0.1, 0.15) is 11.3 Å². The van der Waals surface area contributed by atoms with Gasteiger partial charge in [-0.05, 0) is 31.3 Å². The zero-order valence-electron chi connectivity index (χ0n) is 14.3. The topological polar surface area (TPSA) is 50.3 Å². The van der Waals surface area contributed by atoms with Crippen molar-refractivity contribution in [2.45, 2.75) is 45.4 Å². The zero-order chi connectivity index (χ0) is 16.9. The normalized spacial score (nSPS) is 26.4. The molecule has 0 radical (unpaired) electrons. The van der Waals surface area contributed by atoms with Gasteiger partial charge in [-0.3, -0.25) is 4.79 Å². The molecule has 1 saturated heterocycles. The third-order valence-corrected chi connectivity index (χ3v) is 6.16. The van der Waals surface area contributed by atoms with Crippen molar-refractivity contribution < 1.29 is 9.59 Å². The van der Waals surface area contributed by atoms with Crippen molar-refractivity contribution in [2.75, 3.05) is 13.1 Å². The van der Waals surface area contributed by atoms with E-state index in [0.29, 0.717) is 24.0 Å². The molecule has 130 valence electrons. The summed E-state index contributed by atoms with van der Waals surface area (Å²) in [7, 11) is 0. The fourth-order valence-electron chi connectivity index (χ4n) is 4.19. The SMILES string of the molecule is C/C(=C\c1nccs1)C(=O)N1CC(C=O)CC(C2CCCCC2)C1. The van der Waals surface area contributed by atoms with Crippen molar-refractivity contribution in [1.29, 1.82) is 0 Å². The van der Waals surface area contributed by atoms with Gasteiger partial charge in [0.25, 0.3) is 0 Å². The second-order valence-corrected chi connectivity index (χ2v) is 8.12. The summed E-state index contributed by atoms with van der Waals surface area (Å²) in [6, 6.07) is 0. The molecule has 0 spiro atoms. The first-order valence-electron chi connectivity index (χ1n) is 8.99. The second-order valence-electron chi connectivity index (χ2n) is 7.20. The summed E-state index contributed by atoms with van der Waals surface area (Å²) < 4.78 is 0. The average Bonchev–Trinajstić information content (AvgIpc) is 3.14. The van der Waals surface area contributed by atoms with E-state index in [4.69, 9.17) is 0 Å². The molecule has 1 saturated carbocycles. The molecule has 1 aliphatic carbocycles. The van der Waals surface area contributed by atoms with Crippen LogP contribution >= 0.6 is 11.3 Å². The fraction of sp³-hybridized carbons (Fsp3) is 0.632. The summed E-state index contributed by atoms with van der Waals surface area (Å²) in [6.07, 6.45) is 12.0. The smallest absolute Gasteiger partial charge is 0.249 e. The molecular weight excluding hydrogens is 320 g/mol. The van der Waals surface area contributed by atoms with E-state index in [1.807, 2.05) is 23.3 Å². The van der Waals surface area contributed by atoms with Gasteiger partial charge in [-0.15, -0.1) is 11.3 Å². The number of thiazole rings is 1. The number of carbonyl (C=O) groups excluding carboxylic acids is 2. The van der Waals surface area contributed by atoms with Crippen molar-refractivity contribution in [1.82, 2.24) is 9.88 Å². The number of rotatable bonds is 4. The van der Waals surface area contributed by atoms with E-state index in [-0.39, 0.29) is 11.8 Å². The Kier molecular flexibility index (Phi) is 5.82. The number of amides is 1. The highest BCUT2D eigenvalue weighted by molar-refractivity contribution is 7.10. The van der Waals surface area contributed by atoms with E-state index in [0.717, 1.165) is 24.3 Å². The van der Waals surface area contributed by atoms with Crippen LogP contribution in [-0.2, 0) is 9.59 Å². The quantitative estimate of drug-likeness (QED) is 0.616. The molecule has 2 aliphatic rings. The summed E-state index contributed by atoms with van der Waals surface area (Å²) >= 11 is 1.53. The van der Waals surface area contributed by atoms with Crippen LogP contribution in [0.5, 0.6) is 0 Å². The molecule has 3 rings (SSSR count). The standard InChI is InChI=1S/C19H26N2O2S/c1-14(9-18-20-7-8-24-18)19(23)21-11-15(13-22)10-17(12-21)16-5-3-2-4-6-16/h7-9,13,15-17H,2-6,10-12H2,1H3/b14-9+. The highest BCUT2D eigenvalue weighted by atomic mass is 32.1. The fourth-order valence-corrected chi connectivity index (χ4v) is 4.82. The number of carbonyl (C=O) groups is 2. The summed E-state index contributed by atoms with van der Waals surface area (Å²) in [5.74, 6) is 1.20. The van der Waals surface area contributed by atoms with E-state index in [9.17, 15) is 9.59 Å². The number of likely N-dealkylation sites (tertiary alicyclic amines) is 1. The van der Waals surface area contributed by atoms with Crippen LogP contribution in [0.2, 0.25) is 0 Å². The molecule has 0 N–H and O–H groups in total. The van der Waals surface area contributed by atoms with Crippen LogP contribution in [0.1, 0.15) is 50.5 Å². The van der Waals surface area contributed by atoms with Gasteiger partial charge < -0.3 is 9.69 Å². The number of piperidine rings is 1. The largest absolute Gasteiger partial charge is 0.338 e. The molecule has 2 unspecified atom stereocenters. The molecular formula is C19H26N2O2S. The van der Waals surface area contributed by atoms with Crippen molar-refractivity contribution in [2.24, 2.45) is 17.8 Å². The average molecular weight is 346 g/mol. The molecule has 1 amide bonds. The lowest BCUT2D eigenvalue weighted by molar-refractivity contribution is -0.131. The van der Waals surface area contributed by atoms with Crippen LogP contribution in [0.25, 0.3) is 6.08 Å². The lowest BCUT2D eigenvalue weighted by Gasteiger charge is -2.41. The van der Waals surface area contributed by atoms with Crippen molar-refractivity contribution in [3.63, 3.8) is 0 Å². The third kappa shape index (κ3) is 4.12. The van der Waals surface area contributed by atoms with Gasteiger partial charge in [-0.25, -0.2) is 4.98 Å². The molecule has 5 heteroatoms. The van der Waals surface area contributed by atoms with E-state index in [1.165, 1.54) is 43.4 Å². The summed E-state index contributed by atoms with van der Waals surface area (Å²) in [5, 5.41) is 2.76. The van der Waals surface area contributed by atoms with E-state index in [2.05, 4.69) is 4.98 Å². The second kappa shape index (κ2) is 8.06. The van der Waals surface area contributed by atoms with E-state index in [1.54, 1.807) is 6.20 Å². The van der Waals surface area contributed by atoms with Crippen LogP contribution in [0.4, 0.5) is 0 Å². The summed E-state index contributed by atoms with van der Waals surface area (Å²) in [4.78, 5) is 30.4. The van der Waals surface area contributed by atoms with E-state index >= 15 is 0 Å². The number of hydrogen-bond acceptors (Lipinski definition) is 4. The monoisotopic (exact) mass is 346 g/mol. The number of hydrogen-bond donors (Lipinski definition) is 0. The molecule has 2 fully saturated rings. The molecule has 1 aliphatic heterocycles. The highest BCUT2D eigenvalue weighted by Crippen LogP contribution is 2.36. The van der Waals surface area contributed by atoms with Crippen molar-refractivity contribution >= 4 is 29.6 Å². The van der Waals surface area contributed by atoms with Crippen molar-refractivity contribution in [3.05, 3.63) is 22.2 Å². The first-order valence-corrected chi connectivity index (χ1v) is 9.87. The maximum Gasteiger partial charge on any atom is 0.249 e. The Morgan fingerprint density at radius 2 is 2.04 bits per heavy atom. The minimum Gasteiger partial charge on any atom is -0.338 e. The van der Waals surface area contributed by atoms with Gasteiger partial charge in [0.2, 0.25) is 5.91 Å². The predicted octanol–water partition coefficient (Wildman–Crippen LogP) is 3.79. The lowest BCUT2D eigenvalue weighted by atomic mass is 9.74. The Balaban J connectivity index is 1.70. The van der Waals surface area contributed by atoms with Crippen LogP contribution < -0.4 is 0 Å². The Bertz CT molecular complexity index is 591. The third-order valence-electron chi connectivity index (χ3n) is 5.44. The van der Waals surface area contributed by atoms with Gasteiger partial charge in [0.05, 0.1) is 0 Å². The predicted molar refractivity (Wildman–Crippen MR) is 96.6 cm³/mol. The minimum absolute atomic E-state index is 0.0118. The van der Waals surface area contributed by atoms with E-state index < -0.39 is 0 Å². The van der Waals surface area contributed by atoms with Crippen LogP contribution in [0.3, 0.4) is 0 Å². The Labute approximate surface area is 148 Å². The van der Waals surface area contributed by atoms with Gasteiger partial charge in [-0.2, -0.15) is 0 Å². The Morgan fingerprint density at radius 3 is 2.71 bits per heavy atom. The molecule has 0 aromatic carbocycles. The Hall–Kier alpha value is -1.49.